The molecule has 2 aliphatic rings. The fourth-order valence-corrected chi connectivity index (χ4v) is 4.58. The van der Waals surface area contributed by atoms with Gasteiger partial charge < -0.3 is 29.7 Å². The minimum Gasteiger partial charge on any atom is -0.411 e. The summed E-state index contributed by atoms with van der Waals surface area (Å²) >= 11 is 0. The van der Waals surface area contributed by atoms with Gasteiger partial charge in [0, 0.05) is 78.2 Å². The van der Waals surface area contributed by atoms with Gasteiger partial charge in [-0.1, -0.05) is 71.0 Å². The van der Waals surface area contributed by atoms with E-state index in [1.807, 2.05) is 36.4 Å². The molecule has 0 aliphatic carbocycles. The predicted octanol–water partition coefficient (Wildman–Crippen LogP) is 5.04. The van der Waals surface area contributed by atoms with E-state index in [-0.39, 0.29) is 0 Å². The van der Waals surface area contributed by atoms with E-state index in [2.05, 4.69) is 44.4 Å². The van der Waals surface area contributed by atoms with E-state index in [0.717, 1.165) is 102 Å². The third kappa shape index (κ3) is 12.2. The van der Waals surface area contributed by atoms with Crippen LogP contribution in [-0.2, 0) is 22.7 Å². The topological polar surface area (TPSA) is 90.1 Å². The average molecular weight is 525 g/mol. The molecule has 8 heteroatoms. The van der Waals surface area contributed by atoms with Crippen LogP contribution in [0.3, 0.4) is 0 Å². The molecule has 0 aromatic heterocycles. The van der Waals surface area contributed by atoms with Gasteiger partial charge in [-0.25, -0.2) is 0 Å². The van der Waals surface area contributed by atoms with Gasteiger partial charge in [0.15, 0.2) is 0 Å². The Hall–Kier alpha value is -2.78. The summed E-state index contributed by atoms with van der Waals surface area (Å²) < 4.78 is 11.3. The first-order chi connectivity index (χ1) is 18.8. The molecular formula is C30H44N4O4. The Morgan fingerprint density at radius 1 is 0.579 bits per heavy atom. The molecule has 2 aliphatic heterocycles. The quantitative estimate of drug-likeness (QED) is 0.230. The third-order valence-corrected chi connectivity index (χ3v) is 6.90. The zero-order valence-electron chi connectivity index (χ0n) is 22.6. The Bertz CT molecular complexity index is 842. The van der Waals surface area contributed by atoms with Gasteiger partial charge in [-0.15, -0.1) is 0 Å². The molecule has 0 bridgehead atoms. The van der Waals surface area contributed by atoms with Crippen LogP contribution in [0.5, 0.6) is 0 Å². The molecule has 208 valence electrons. The van der Waals surface area contributed by atoms with Crippen LogP contribution in [-0.4, -0.2) is 84.1 Å². The molecular weight excluding hydrogens is 480 g/mol. The predicted molar refractivity (Wildman–Crippen MR) is 151 cm³/mol. The zero-order valence-corrected chi connectivity index (χ0v) is 22.6. The fourth-order valence-electron chi connectivity index (χ4n) is 4.58. The summed E-state index contributed by atoms with van der Waals surface area (Å²) in [6.45, 7) is 9.11. The van der Waals surface area contributed by atoms with Gasteiger partial charge in [0.25, 0.3) is 0 Å². The molecule has 2 heterocycles. The summed E-state index contributed by atoms with van der Waals surface area (Å²) in [5.74, 6) is 0. The van der Waals surface area contributed by atoms with Crippen LogP contribution in [0.4, 0.5) is 0 Å². The maximum absolute atomic E-state index is 8.68. The zero-order chi connectivity index (χ0) is 26.7. The monoisotopic (exact) mass is 524 g/mol. The molecule has 38 heavy (non-hydrogen) atoms. The third-order valence-electron chi connectivity index (χ3n) is 6.90. The molecule has 0 radical (unpaired) electrons. The van der Waals surface area contributed by atoms with Crippen molar-refractivity contribution in [3.8, 4) is 0 Å². The van der Waals surface area contributed by atoms with Crippen molar-refractivity contribution in [3.63, 3.8) is 0 Å². The molecule has 2 N–H and O–H groups in total. The molecule has 0 saturated carbocycles. The number of hydrogen-bond donors (Lipinski definition) is 2. The number of hydrogen-bond acceptors (Lipinski definition) is 8. The number of nitrogens with zero attached hydrogens (tertiary/aromatic N) is 4. The minimum atomic E-state index is 0.697. The number of benzene rings is 2. The Labute approximate surface area is 227 Å². The smallest absolute Gasteiger partial charge is 0.0716 e. The van der Waals surface area contributed by atoms with Crippen LogP contribution in [0.2, 0.25) is 0 Å². The SMILES string of the molecule is ON=C1CCN(CCCOCc2ccccc2)CC1.ON=C1CCN(CCCOCc2ccccc2)CC1. The Morgan fingerprint density at radius 3 is 1.29 bits per heavy atom. The second-order valence-corrected chi connectivity index (χ2v) is 9.80. The first kappa shape index (κ1) is 29.8. The second kappa shape index (κ2) is 18.5. The van der Waals surface area contributed by atoms with Crippen LogP contribution in [0.25, 0.3) is 0 Å². The van der Waals surface area contributed by atoms with Crippen molar-refractivity contribution < 1.29 is 19.9 Å². The first-order valence-electron chi connectivity index (χ1n) is 13.8. The molecule has 2 aromatic rings. The van der Waals surface area contributed by atoms with Gasteiger partial charge in [-0.2, -0.15) is 0 Å². The van der Waals surface area contributed by atoms with Crippen molar-refractivity contribution >= 4 is 11.4 Å². The van der Waals surface area contributed by atoms with Crippen molar-refractivity contribution in [2.24, 2.45) is 10.3 Å². The number of piperidine rings is 2. The van der Waals surface area contributed by atoms with Gasteiger partial charge in [-0.3, -0.25) is 0 Å². The lowest BCUT2D eigenvalue weighted by Crippen LogP contribution is -2.35. The van der Waals surface area contributed by atoms with Gasteiger partial charge in [0.1, 0.15) is 0 Å². The lowest BCUT2D eigenvalue weighted by atomic mass is 10.1. The van der Waals surface area contributed by atoms with Crippen molar-refractivity contribution in [1.82, 2.24) is 9.80 Å². The summed E-state index contributed by atoms with van der Waals surface area (Å²) in [7, 11) is 0. The molecule has 2 fully saturated rings. The highest BCUT2D eigenvalue weighted by atomic mass is 16.5. The normalized spacial score (nSPS) is 16.5. The fraction of sp³-hybridized carbons (Fsp3) is 0.533. The maximum atomic E-state index is 8.68. The molecule has 0 atom stereocenters. The molecule has 0 unspecified atom stereocenters. The number of likely N-dealkylation sites (tertiary alicyclic amines) is 2. The summed E-state index contributed by atoms with van der Waals surface area (Å²) in [6.07, 6.45) is 5.67. The second-order valence-electron chi connectivity index (χ2n) is 9.80. The highest BCUT2D eigenvalue weighted by Crippen LogP contribution is 2.09. The summed E-state index contributed by atoms with van der Waals surface area (Å²) in [5.41, 5.74) is 4.31. The number of oxime groups is 2. The standard InChI is InChI=1S/2C15H22N2O2/c2*18-16-15-7-10-17(11-8-15)9-4-12-19-13-14-5-2-1-3-6-14/h2*1-3,5-6,18H,4,7-13H2. The Balaban J connectivity index is 0.000000211. The van der Waals surface area contributed by atoms with Crippen LogP contribution >= 0.6 is 0 Å². The maximum Gasteiger partial charge on any atom is 0.0716 e. The van der Waals surface area contributed by atoms with Gasteiger partial charge in [0.05, 0.1) is 24.6 Å². The highest BCUT2D eigenvalue weighted by molar-refractivity contribution is 5.85. The lowest BCUT2D eigenvalue weighted by molar-refractivity contribution is 0.108. The van der Waals surface area contributed by atoms with E-state index in [9.17, 15) is 0 Å². The van der Waals surface area contributed by atoms with Crippen LogP contribution in [0, 0.1) is 0 Å². The van der Waals surface area contributed by atoms with E-state index in [1.54, 1.807) is 0 Å². The van der Waals surface area contributed by atoms with E-state index >= 15 is 0 Å². The first-order valence-corrected chi connectivity index (χ1v) is 13.8. The van der Waals surface area contributed by atoms with E-state index in [0.29, 0.717) is 13.2 Å². The van der Waals surface area contributed by atoms with Gasteiger partial charge in [0.2, 0.25) is 0 Å². The van der Waals surface area contributed by atoms with Crippen LogP contribution in [0.15, 0.2) is 71.0 Å². The van der Waals surface area contributed by atoms with E-state index in [4.69, 9.17) is 19.9 Å². The highest BCUT2D eigenvalue weighted by Gasteiger charge is 2.15. The van der Waals surface area contributed by atoms with E-state index in [1.165, 1.54) is 11.1 Å². The molecule has 4 rings (SSSR count). The Kier molecular flexibility index (Phi) is 14.5. The van der Waals surface area contributed by atoms with Crippen molar-refractivity contribution in [2.45, 2.75) is 51.7 Å². The van der Waals surface area contributed by atoms with E-state index < -0.39 is 0 Å². The largest absolute Gasteiger partial charge is 0.411 e. The Morgan fingerprint density at radius 2 is 0.947 bits per heavy atom. The minimum absolute atomic E-state index is 0.697. The number of ether oxygens (including phenoxy) is 2. The van der Waals surface area contributed by atoms with Crippen LogP contribution in [0.1, 0.15) is 49.7 Å². The lowest BCUT2D eigenvalue weighted by Gasteiger charge is -2.26. The molecule has 8 nitrogen and oxygen atoms in total. The number of rotatable bonds is 12. The summed E-state index contributed by atoms with van der Waals surface area (Å²) in [5, 5.41) is 23.9. The van der Waals surface area contributed by atoms with Crippen molar-refractivity contribution in [1.29, 1.82) is 0 Å². The average Bonchev–Trinajstić information content (AvgIpc) is 2.99. The van der Waals surface area contributed by atoms with Gasteiger partial charge in [-0.05, 0) is 24.0 Å². The molecule has 2 aromatic carbocycles. The van der Waals surface area contributed by atoms with Crippen LogP contribution < -0.4 is 0 Å². The molecule has 0 spiro atoms. The molecule has 0 amide bonds. The van der Waals surface area contributed by atoms with Crippen molar-refractivity contribution in [3.05, 3.63) is 71.8 Å². The molecule has 2 saturated heterocycles. The van der Waals surface area contributed by atoms with Gasteiger partial charge >= 0.3 is 0 Å². The summed E-state index contributed by atoms with van der Waals surface area (Å²) in [6, 6.07) is 20.5. The van der Waals surface area contributed by atoms with Crippen molar-refractivity contribution in [2.75, 3.05) is 52.5 Å². The summed E-state index contributed by atoms with van der Waals surface area (Å²) in [4.78, 5) is 4.81.